The van der Waals surface area contributed by atoms with E-state index in [1.165, 1.54) is 11.3 Å². The number of benzene rings is 2. The highest BCUT2D eigenvalue weighted by atomic mass is 35.5. The lowest BCUT2D eigenvalue weighted by Crippen LogP contribution is -2.05. The number of rotatable bonds is 2. The molecule has 0 bridgehead atoms. The molecule has 1 aromatic heterocycles. The Labute approximate surface area is 173 Å². The highest BCUT2D eigenvalue weighted by Gasteiger charge is 2.31. The van der Waals surface area contributed by atoms with Gasteiger partial charge in [-0.1, -0.05) is 46.9 Å². The zero-order valence-electron chi connectivity index (χ0n) is 13.4. The van der Waals surface area contributed by atoms with E-state index in [1.807, 2.05) is 17.5 Å². The van der Waals surface area contributed by atoms with Crippen molar-refractivity contribution in [2.24, 2.45) is 0 Å². The van der Waals surface area contributed by atoms with Gasteiger partial charge in [-0.25, -0.2) is 4.98 Å². The summed E-state index contributed by atoms with van der Waals surface area (Å²) in [6.45, 7) is 0. The van der Waals surface area contributed by atoms with Crippen LogP contribution in [0, 0.1) is 11.3 Å². The number of nitrogens with zero attached hydrogens (tertiary/aromatic N) is 2. The van der Waals surface area contributed by atoms with Crippen LogP contribution in [-0.2, 0) is 4.79 Å². The Morgan fingerprint density at radius 1 is 1.11 bits per heavy atom. The minimum absolute atomic E-state index is 0.176. The minimum atomic E-state index is -0.408. The Morgan fingerprint density at radius 3 is 2.56 bits per heavy atom. The average Bonchev–Trinajstić information content (AvgIpc) is 3.23. The number of anilines is 1. The molecule has 8 heteroatoms. The summed E-state index contributed by atoms with van der Waals surface area (Å²) in [6.07, 6.45) is 0. The molecule has 0 radical (unpaired) electrons. The zero-order chi connectivity index (χ0) is 19.1. The second-order valence-corrected chi connectivity index (χ2v) is 7.81. The fourth-order valence-electron chi connectivity index (χ4n) is 2.80. The molecule has 0 fully saturated rings. The summed E-state index contributed by atoms with van der Waals surface area (Å²) in [5.74, 6) is -0.408. The Hall–Kier alpha value is -2.36. The van der Waals surface area contributed by atoms with Gasteiger partial charge in [0.05, 0.1) is 22.0 Å². The molecule has 1 aliphatic rings. The second-order valence-electron chi connectivity index (χ2n) is 5.67. The lowest BCUT2D eigenvalue weighted by Gasteiger charge is -2.03. The van der Waals surface area contributed by atoms with Gasteiger partial charge in [-0.3, -0.25) is 4.79 Å². The van der Waals surface area contributed by atoms with E-state index in [1.54, 1.807) is 24.3 Å². The Balaban J connectivity index is 1.86. The molecule has 27 heavy (non-hydrogen) atoms. The maximum absolute atomic E-state index is 12.5. The molecule has 132 valence electrons. The van der Waals surface area contributed by atoms with Crippen molar-refractivity contribution in [1.82, 2.24) is 4.98 Å². The van der Waals surface area contributed by atoms with Crippen LogP contribution in [0.3, 0.4) is 0 Å². The van der Waals surface area contributed by atoms with E-state index in [0.29, 0.717) is 37.0 Å². The third-order valence-corrected chi connectivity index (χ3v) is 5.64. The molecule has 0 saturated carbocycles. The van der Waals surface area contributed by atoms with E-state index < -0.39 is 5.91 Å². The SMILES string of the molecule is N#C/C(=C1/C(=O)Nc2c(Cl)cc(Cl)cc21)c1nc(-c2ccc(Cl)cc2)cs1. The topological polar surface area (TPSA) is 65.8 Å². The second kappa shape index (κ2) is 6.99. The summed E-state index contributed by atoms with van der Waals surface area (Å²) >= 11 is 19.4. The minimum Gasteiger partial charge on any atom is -0.320 e. The van der Waals surface area contributed by atoms with Gasteiger partial charge in [-0.2, -0.15) is 5.26 Å². The summed E-state index contributed by atoms with van der Waals surface area (Å²) in [5, 5.41) is 16.0. The predicted molar refractivity (Wildman–Crippen MR) is 110 cm³/mol. The number of hydrogen-bond acceptors (Lipinski definition) is 4. The van der Waals surface area contributed by atoms with Gasteiger partial charge in [0, 0.05) is 26.6 Å². The first-order valence-electron chi connectivity index (χ1n) is 7.65. The largest absolute Gasteiger partial charge is 0.320 e. The lowest BCUT2D eigenvalue weighted by atomic mass is 10.0. The zero-order valence-corrected chi connectivity index (χ0v) is 16.5. The van der Waals surface area contributed by atoms with Crippen molar-refractivity contribution in [1.29, 1.82) is 5.26 Å². The summed E-state index contributed by atoms with van der Waals surface area (Å²) < 4.78 is 0. The number of fused-ring (bicyclic) bond motifs is 1. The standard InChI is InChI=1S/C19H8Cl3N3OS/c20-10-3-1-9(2-4-10)15-8-27-19(24-15)13(7-23)16-12-5-11(21)6-14(22)17(12)25-18(16)26/h1-6,8H,(H,25,26)/b16-13-. The molecular formula is C19H8Cl3N3OS. The third-order valence-electron chi connectivity index (χ3n) is 4.01. The van der Waals surface area contributed by atoms with E-state index in [0.717, 1.165) is 5.56 Å². The molecule has 0 atom stereocenters. The van der Waals surface area contributed by atoms with E-state index in [4.69, 9.17) is 34.8 Å². The Bertz CT molecular complexity index is 1160. The maximum atomic E-state index is 12.5. The van der Waals surface area contributed by atoms with Gasteiger partial charge in [0.25, 0.3) is 5.91 Å². The number of carbonyl (C=O) groups is 1. The molecule has 4 nitrogen and oxygen atoms in total. The van der Waals surface area contributed by atoms with Gasteiger partial charge < -0.3 is 5.32 Å². The molecule has 0 spiro atoms. The molecule has 1 amide bonds. The van der Waals surface area contributed by atoms with E-state index >= 15 is 0 Å². The highest BCUT2D eigenvalue weighted by Crippen LogP contribution is 2.43. The molecule has 3 aromatic rings. The van der Waals surface area contributed by atoms with Crippen molar-refractivity contribution < 1.29 is 4.79 Å². The number of allylic oxidation sites excluding steroid dienone is 1. The molecule has 0 saturated heterocycles. The smallest absolute Gasteiger partial charge is 0.257 e. The number of carbonyl (C=O) groups excluding carboxylic acids is 1. The van der Waals surface area contributed by atoms with Gasteiger partial charge in [0.2, 0.25) is 0 Å². The molecule has 4 rings (SSSR count). The van der Waals surface area contributed by atoms with Crippen LogP contribution in [0.25, 0.3) is 22.4 Å². The van der Waals surface area contributed by atoms with Crippen LogP contribution < -0.4 is 5.32 Å². The molecule has 1 aliphatic heterocycles. The number of nitrogens with one attached hydrogen (secondary N) is 1. The van der Waals surface area contributed by atoms with Gasteiger partial charge >= 0.3 is 0 Å². The quantitative estimate of drug-likeness (QED) is 0.390. The van der Waals surface area contributed by atoms with Crippen LogP contribution in [0.5, 0.6) is 0 Å². The van der Waals surface area contributed by atoms with Crippen LogP contribution in [0.1, 0.15) is 10.6 Å². The summed E-state index contributed by atoms with van der Waals surface area (Å²) in [5.41, 5.74) is 2.90. The predicted octanol–water partition coefficient (Wildman–Crippen LogP) is 6.16. The first kappa shape index (κ1) is 18.0. The number of amides is 1. The van der Waals surface area contributed by atoms with Gasteiger partial charge in [0.15, 0.2) is 0 Å². The third kappa shape index (κ3) is 3.22. The number of halogens is 3. The fourth-order valence-corrected chi connectivity index (χ4v) is 4.29. The van der Waals surface area contributed by atoms with Crippen molar-refractivity contribution in [3.8, 4) is 17.3 Å². The van der Waals surface area contributed by atoms with Crippen LogP contribution in [0.15, 0.2) is 41.8 Å². The number of aromatic nitrogens is 1. The maximum Gasteiger partial charge on any atom is 0.257 e. The molecular weight excluding hydrogens is 425 g/mol. The van der Waals surface area contributed by atoms with Gasteiger partial charge in [-0.15, -0.1) is 11.3 Å². The number of hydrogen-bond donors (Lipinski definition) is 1. The molecule has 2 heterocycles. The number of nitriles is 1. The van der Waals surface area contributed by atoms with Crippen LogP contribution in [-0.4, -0.2) is 10.9 Å². The van der Waals surface area contributed by atoms with Crippen LogP contribution in [0.4, 0.5) is 5.69 Å². The van der Waals surface area contributed by atoms with Crippen molar-refractivity contribution in [2.75, 3.05) is 5.32 Å². The lowest BCUT2D eigenvalue weighted by molar-refractivity contribution is -0.110. The van der Waals surface area contributed by atoms with E-state index in [2.05, 4.69) is 16.4 Å². The first-order chi connectivity index (χ1) is 13.0. The highest BCUT2D eigenvalue weighted by molar-refractivity contribution is 7.11. The summed E-state index contributed by atoms with van der Waals surface area (Å²) in [6, 6.07) is 12.5. The van der Waals surface area contributed by atoms with E-state index in [-0.39, 0.29) is 11.1 Å². The molecule has 0 aliphatic carbocycles. The Kier molecular flexibility index (Phi) is 4.67. The monoisotopic (exact) mass is 431 g/mol. The van der Waals surface area contributed by atoms with Crippen molar-refractivity contribution >= 4 is 68.9 Å². The van der Waals surface area contributed by atoms with E-state index in [9.17, 15) is 10.1 Å². The fraction of sp³-hybridized carbons (Fsp3) is 0. The van der Waals surface area contributed by atoms with Crippen molar-refractivity contribution in [3.63, 3.8) is 0 Å². The van der Waals surface area contributed by atoms with Crippen molar-refractivity contribution in [2.45, 2.75) is 0 Å². The Morgan fingerprint density at radius 2 is 1.85 bits per heavy atom. The summed E-state index contributed by atoms with van der Waals surface area (Å²) in [4.78, 5) is 17.1. The van der Waals surface area contributed by atoms with Crippen LogP contribution in [0.2, 0.25) is 15.1 Å². The van der Waals surface area contributed by atoms with Gasteiger partial charge in [-0.05, 0) is 24.3 Å². The average molecular weight is 433 g/mol. The molecule has 1 N–H and O–H groups in total. The molecule has 0 unspecified atom stereocenters. The first-order valence-corrected chi connectivity index (χ1v) is 9.66. The normalized spacial score (nSPS) is 14.5. The van der Waals surface area contributed by atoms with Crippen molar-refractivity contribution in [3.05, 3.63) is 67.4 Å². The van der Waals surface area contributed by atoms with Gasteiger partial charge in [0.1, 0.15) is 16.6 Å². The summed E-state index contributed by atoms with van der Waals surface area (Å²) in [7, 11) is 0. The number of thiazole rings is 1. The van der Waals surface area contributed by atoms with Crippen LogP contribution >= 0.6 is 46.1 Å². The molecule has 2 aromatic carbocycles.